The number of aromatic nitrogens is 1. The van der Waals surface area contributed by atoms with Gasteiger partial charge in [-0.05, 0) is 23.8 Å². The summed E-state index contributed by atoms with van der Waals surface area (Å²) in [7, 11) is 0. The number of carbonyl (C=O) groups is 1. The highest BCUT2D eigenvalue weighted by Gasteiger charge is 2.24. The highest BCUT2D eigenvalue weighted by Crippen LogP contribution is 2.20. The Balaban J connectivity index is 1.72. The normalized spacial score (nSPS) is 16.5. The highest BCUT2D eigenvalue weighted by atomic mass is 19.1. The molecule has 24 heavy (non-hydrogen) atoms. The number of hydrogen-bond acceptors (Lipinski definition) is 4. The van der Waals surface area contributed by atoms with Crippen molar-refractivity contribution in [1.29, 1.82) is 0 Å². The molecule has 6 heteroatoms. The molecule has 1 aromatic heterocycles. The molecule has 3 rings (SSSR count). The zero-order valence-electron chi connectivity index (χ0n) is 13.3. The highest BCUT2D eigenvalue weighted by molar-refractivity contribution is 5.94. The summed E-state index contributed by atoms with van der Waals surface area (Å²) in [6.45, 7) is 3.29. The lowest BCUT2D eigenvalue weighted by molar-refractivity contribution is 0.0161. The third kappa shape index (κ3) is 3.96. The minimum absolute atomic E-state index is 0.0154. The number of ether oxygens (including phenoxy) is 1. The molecule has 0 radical (unpaired) electrons. The van der Waals surface area contributed by atoms with Gasteiger partial charge in [-0.2, -0.15) is 0 Å². The molecule has 1 N–H and O–H groups in total. The van der Waals surface area contributed by atoms with Crippen LogP contribution in [0.5, 0.6) is 0 Å². The maximum Gasteiger partial charge on any atom is 0.254 e. The minimum atomic E-state index is -0.515. The molecule has 1 aromatic carbocycles. The molecule has 2 aromatic rings. The summed E-state index contributed by atoms with van der Waals surface area (Å²) in [5.74, 6) is -0.922. The Morgan fingerprint density at radius 3 is 2.75 bits per heavy atom. The van der Waals surface area contributed by atoms with Crippen molar-refractivity contribution in [2.45, 2.75) is 6.04 Å². The van der Waals surface area contributed by atoms with Gasteiger partial charge >= 0.3 is 0 Å². The first-order chi connectivity index (χ1) is 11.8. The monoisotopic (exact) mass is 329 g/mol. The van der Waals surface area contributed by atoms with Crippen LogP contribution in [0, 0.1) is 5.82 Å². The van der Waals surface area contributed by atoms with Crippen LogP contribution >= 0.6 is 0 Å². The number of morpholine rings is 1. The Labute approximate surface area is 140 Å². The molecule has 1 aliphatic heterocycles. The number of halogens is 1. The van der Waals surface area contributed by atoms with Crippen LogP contribution in [0.4, 0.5) is 4.39 Å². The van der Waals surface area contributed by atoms with Crippen LogP contribution in [-0.2, 0) is 4.74 Å². The van der Waals surface area contributed by atoms with Gasteiger partial charge in [-0.3, -0.25) is 14.7 Å². The molecular formula is C18H20FN3O2. The van der Waals surface area contributed by atoms with E-state index in [9.17, 15) is 9.18 Å². The average Bonchev–Trinajstić information content (AvgIpc) is 2.64. The predicted octanol–water partition coefficient (Wildman–Crippen LogP) is 2.02. The molecule has 1 fully saturated rings. The van der Waals surface area contributed by atoms with Gasteiger partial charge in [0, 0.05) is 32.0 Å². The third-order valence-electron chi connectivity index (χ3n) is 4.13. The largest absolute Gasteiger partial charge is 0.379 e. The van der Waals surface area contributed by atoms with Crippen LogP contribution in [0.15, 0.2) is 48.8 Å². The van der Waals surface area contributed by atoms with E-state index in [0.717, 1.165) is 18.7 Å². The van der Waals surface area contributed by atoms with E-state index >= 15 is 0 Å². The first-order valence-electron chi connectivity index (χ1n) is 8.00. The van der Waals surface area contributed by atoms with E-state index < -0.39 is 11.7 Å². The van der Waals surface area contributed by atoms with Gasteiger partial charge in [0.1, 0.15) is 5.82 Å². The van der Waals surface area contributed by atoms with Gasteiger partial charge in [-0.15, -0.1) is 0 Å². The predicted molar refractivity (Wildman–Crippen MR) is 88.1 cm³/mol. The molecule has 1 aliphatic rings. The van der Waals surface area contributed by atoms with Crippen molar-refractivity contribution in [1.82, 2.24) is 15.2 Å². The molecule has 0 spiro atoms. The van der Waals surface area contributed by atoms with Gasteiger partial charge in [0.25, 0.3) is 5.91 Å². The Morgan fingerprint density at radius 2 is 2.04 bits per heavy atom. The summed E-state index contributed by atoms with van der Waals surface area (Å²) in [5.41, 5.74) is 1.08. The number of benzene rings is 1. The van der Waals surface area contributed by atoms with Crippen molar-refractivity contribution in [2.24, 2.45) is 0 Å². The summed E-state index contributed by atoms with van der Waals surface area (Å²) in [6, 6.07) is 9.84. The number of nitrogens with zero attached hydrogens (tertiary/aromatic N) is 2. The zero-order chi connectivity index (χ0) is 16.8. The van der Waals surface area contributed by atoms with Crippen LogP contribution in [0.25, 0.3) is 0 Å². The Bertz CT molecular complexity index is 675. The standard InChI is InChI=1S/C18H20FN3O2/c19-16-6-2-1-5-15(16)18(23)21-13-17(14-4-3-7-20-12-14)22-8-10-24-11-9-22/h1-7,12,17H,8-11,13H2,(H,21,23)/t17-/m0/s1. The van der Waals surface area contributed by atoms with Gasteiger partial charge in [-0.1, -0.05) is 18.2 Å². The fraction of sp³-hybridized carbons (Fsp3) is 0.333. The topological polar surface area (TPSA) is 54.5 Å². The molecular weight excluding hydrogens is 309 g/mol. The SMILES string of the molecule is O=C(NC[C@@H](c1cccnc1)N1CCOCC1)c1ccccc1F. The van der Waals surface area contributed by atoms with Crippen molar-refractivity contribution in [3.63, 3.8) is 0 Å². The molecule has 1 saturated heterocycles. The van der Waals surface area contributed by atoms with E-state index in [0.29, 0.717) is 19.8 Å². The average molecular weight is 329 g/mol. The maximum atomic E-state index is 13.7. The zero-order valence-corrected chi connectivity index (χ0v) is 13.3. The van der Waals surface area contributed by atoms with E-state index in [1.165, 1.54) is 12.1 Å². The summed E-state index contributed by atoms with van der Waals surface area (Å²) < 4.78 is 19.1. The molecule has 0 saturated carbocycles. The van der Waals surface area contributed by atoms with Gasteiger partial charge < -0.3 is 10.1 Å². The van der Waals surface area contributed by atoms with E-state index in [4.69, 9.17) is 4.74 Å². The quantitative estimate of drug-likeness (QED) is 0.912. The summed E-state index contributed by atoms with van der Waals surface area (Å²) in [5, 5.41) is 2.85. The van der Waals surface area contributed by atoms with Crippen molar-refractivity contribution in [3.8, 4) is 0 Å². The molecule has 5 nitrogen and oxygen atoms in total. The van der Waals surface area contributed by atoms with Crippen molar-refractivity contribution >= 4 is 5.91 Å². The lowest BCUT2D eigenvalue weighted by Crippen LogP contribution is -2.44. The molecule has 1 atom stereocenters. The maximum absolute atomic E-state index is 13.7. The fourth-order valence-electron chi connectivity index (χ4n) is 2.85. The Morgan fingerprint density at radius 1 is 1.25 bits per heavy atom. The number of carbonyl (C=O) groups excluding carboxylic acids is 1. The lowest BCUT2D eigenvalue weighted by atomic mass is 10.1. The van der Waals surface area contributed by atoms with Crippen molar-refractivity contribution in [3.05, 3.63) is 65.7 Å². The minimum Gasteiger partial charge on any atom is -0.379 e. The van der Waals surface area contributed by atoms with Crippen molar-refractivity contribution < 1.29 is 13.9 Å². The molecule has 0 unspecified atom stereocenters. The number of rotatable bonds is 5. The molecule has 0 bridgehead atoms. The smallest absolute Gasteiger partial charge is 0.254 e. The van der Waals surface area contributed by atoms with Crippen LogP contribution in [0.2, 0.25) is 0 Å². The molecule has 2 heterocycles. The summed E-state index contributed by atoms with van der Waals surface area (Å²) >= 11 is 0. The van der Waals surface area contributed by atoms with Gasteiger partial charge in [0.15, 0.2) is 0 Å². The first kappa shape index (κ1) is 16.5. The van der Waals surface area contributed by atoms with Gasteiger partial charge in [-0.25, -0.2) is 4.39 Å². The Kier molecular flexibility index (Phi) is 5.51. The first-order valence-corrected chi connectivity index (χ1v) is 8.00. The molecule has 126 valence electrons. The lowest BCUT2D eigenvalue weighted by Gasteiger charge is -2.34. The van der Waals surface area contributed by atoms with Crippen LogP contribution in [0.1, 0.15) is 22.0 Å². The fourth-order valence-corrected chi connectivity index (χ4v) is 2.85. The number of amides is 1. The molecule has 0 aliphatic carbocycles. The van der Waals surface area contributed by atoms with E-state index in [2.05, 4.69) is 15.2 Å². The second-order valence-corrected chi connectivity index (χ2v) is 5.64. The van der Waals surface area contributed by atoms with Gasteiger partial charge in [0.2, 0.25) is 0 Å². The van der Waals surface area contributed by atoms with Gasteiger partial charge in [0.05, 0.1) is 24.8 Å². The van der Waals surface area contributed by atoms with Crippen LogP contribution < -0.4 is 5.32 Å². The van der Waals surface area contributed by atoms with Crippen LogP contribution in [0.3, 0.4) is 0 Å². The number of pyridine rings is 1. The Hall–Kier alpha value is -2.31. The van der Waals surface area contributed by atoms with E-state index in [-0.39, 0.29) is 11.6 Å². The summed E-state index contributed by atoms with van der Waals surface area (Å²) in [6.07, 6.45) is 3.52. The van der Waals surface area contributed by atoms with Crippen LogP contribution in [-0.4, -0.2) is 48.6 Å². The number of hydrogen-bond donors (Lipinski definition) is 1. The second kappa shape index (κ2) is 7.99. The second-order valence-electron chi connectivity index (χ2n) is 5.64. The third-order valence-corrected chi connectivity index (χ3v) is 4.13. The molecule has 1 amide bonds. The van der Waals surface area contributed by atoms with E-state index in [1.807, 2.05) is 12.1 Å². The van der Waals surface area contributed by atoms with Crippen molar-refractivity contribution in [2.75, 3.05) is 32.8 Å². The summed E-state index contributed by atoms with van der Waals surface area (Å²) in [4.78, 5) is 18.7. The number of nitrogens with one attached hydrogen (secondary N) is 1. The van der Waals surface area contributed by atoms with E-state index in [1.54, 1.807) is 24.5 Å².